The lowest BCUT2D eigenvalue weighted by atomic mass is 9.73. The van der Waals surface area contributed by atoms with E-state index in [0.717, 1.165) is 28.5 Å². The summed E-state index contributed by atoms with van der Waals surface area (Å²) in [6.07, 6.45) is 25.5. The number of rotatable bonds is 6. The Hall–Kier alpha value is -6.66. The first-order valence-electron chi connectivity index (χ1n) is 26.8. The van der Waals surface area contributed by atoms with E-state index in [1.165, 1.54) is 72.6 Å². The van der Waals surface area contributed by atoms with Gasteiger partial charge in [0, 0.05) is 63.4 Å². The average Bonchev–Trinajstić information content (AvgIpc) is 4.06. The maximum atomic E-state index is 7.55. The molecule has 368 valence electrons. The Balaban J connectivity index is 0.986. The molecule has 5 aromatic carbocycles. The number of hydrogen-bond acceptors (Lipinski definition) is 5. The molecule has 10 atom stereocenters. The van der Waals surface area contributed by atoms with Crippen LogP contribution >= 0.6 is 0 Å². The smallest absolute Gasteiger partial charge is 0.148 e. The summed E-state index contributed by atoms with van der Waals surface area (Å²) in [5, 5.41) is 0. The molecule has 5 aromatic rings. The molecule has 73 heavy (non-hydrogen) atoms. The van der Waals surface area contributed by atoms with Crippen molar-refractivity contribution in [3.05, 3.63) is 237 Å². The van der Waals surface area contributed by atoms with E-state index >= 15 is 0 Å². The Bertz CT molecular complexity index is 3340. The fourth-order valence-electron chi connectivity index (χ4n) is 14.0. The highest BCUT2D eigenvalue weighted by atomic mass is 16.5. The summed E-state index contributed by atoms with van der Waals surface area (Å²) in [7, 11) is 0. The molecule has 0 amide bonds. The molecule has 5 aliphatic carbocycles. The van der Waals surface area contributed by atoms with Gasteiger partial charge in [-0.2, -0.15) is 0 Å². The maximum absolute atomic E-state index is 7.55. The van der Waals surface area contributed by atoms with Crippen LogP contribution in [-0.2, 0) is 9.47 Å². The number of fused-ring (bicyclic) bond motifs is 13. The number of aryl methyl sites for hydroxylation is 4. The number of ether oxygens (including phenoxy) is 3. The van der Waals surface area contributed by atoms with E-state index in [-0.39, 0.29) is 70.9 Å². The average molecular weight is 961 g/mol. The molecule has 8 aliphatic rings. The van der Waals surface area contributed by atoms with E-state index in [1.807, 2.05) is 0 Å². The van der Waals surface area contributed by atoms with Gasteiger partial charge in [0.1, 0.15) is 18.0 Å². The third-order valence-corrected chi connectivity index (χ3v) is 17.0. The van der Waals surface area contributed by atoms with Crippen LogP contribution in [-0.4, -0.2) is 18.3 Å². The molecule has 0 radical (unpaired) electrons. The van der Waals surface area contributed by atoms with E-state index in [0.29, 0.717) is 0 Å². The fraction of sp³-hybridized carbons (Fsp3) is 0.324. The minimum atomic E-state index is -0.156. The predicted octanol–water partition coefficient (Wildman–Crippen LogP) is 16.4. The Kier molecular flexibility index (Phi) is 10.7. The monoisotopic (exact) mass is 961 g/mol. The summed E-state index contributed by atoms with van der Waals surface area (Å²) >= 11 is 0. The van der Waals surface area contributed by atoms with Gasteiger partial charge < -0.3 is 24.0 Å². The van der Waals surface area contributed by atoms with Crippen molar-refractivity contribution in [2.24, 2.45) is 34.5 Å². The number of anilines is 3. The number of allylic oxidation sites excluding steroid dienone is 6. The third kappa shape index (κ3) is 7.47. The highest BCUT2D eigenvalue weighted by Crippen LogP contribution is 2.61. The zero-order valence-electron chi connectivity index (χ0n) is 44.1. The van der Waals surface area contributed by atoms with Crippen LogP contribution in [0.2, 0.25) is 0 Å². The first-order chi connectivity index (χ1) is 35.1. The van der Waals surface area contributed by atoms with Crippen LogP contribution in [0.5, 0.6) is 5.75 Å². The van der Waals surface area contributed by atoms with Crippen LogP contribution < -0.4 is 14.5 Å². The molecule has 0 spiro atoms. The van der Waals surface area contributed by atoms with Gasteiger partial charge in [0.15, 0.2) is 0 Å². The van der Waals surface area contributed by atoms with Gasteiger partial charge in [-0.3, -0.25) is 0 Å². The molecular formula is C68H68N2O3. The lowest BCUT2D eigenvalue weighted by Crippen LogP contribution is -2.35. The molecule has 3 heterocycles. The Morgan fingerprint density at radius 2 is 0.918 bits per heavy atom. The molecule has 2 saturated heterocycles. The summed E-state index contributed by atoms with van der Waals surface area (Å²) in [5.41, 5.74) is 20.4. The summed E-state index contributed by atoms with van der Waals surface area (Å²) < 4.78 is 22.3. The van der Waals surface area contributed by atoms with Gasteiger partial charge in [-0.15, -0.1) is 0 Å². The Labute approximate surface area is 433 Å². The van der Waals surface area contributed by atoms with Crippen molar-refractivity contribution in [1.29, 1.82) is 0 Å². The molecule has 0 aromatic heterocycles. The van der Waals surface area contributed by atoms with E-state index in [9.17, 15) is 0 Å². The molecule has 5 nitrogen and oxygen atoms in total. The summed E-state index contributed by atoms with van der Waals surface area (Å²) in [6, 6.07) is 38.8. The Morgan fingerprint density at radius 1 is 0.438 bits per heavy atom. The SMILES string of the molecule is Cc1cc(C)cc(N(C2=CC3C(OC4c5ccccc5C(N(c5cc(C)cc(C)c5)c5cccc6c5OC5C(C(C)(C)C)=CC=CC65)=CC43)c3ccccc32)C2=CC=CC3C2OC2C(C(C)(C)C)=CC=CC23)c1. The van der Waals surface area contributed by atoms with Crippen molar-refractivity contribution in [1.82, 2.24) is 0 Å². The standard InChI is InChI=1S/C68H68N2O3/c1-39-31-40(2)34-43(33-39)69(57-29-17-25-51-49-23-15-27-55(67(5,6)7)63(49)72-65(51)57)59-37-53-54-38-60(46-20-12-14-22-48(46)62(54)71-61(53)47-21-13-11-19-45(47)59)70(44-35-41(3)32-42(4)36-44)58-30-18-26-52-50-24-16-28-56(68(8,9)10)64(50)73-66(52)58/h11-38,49-51,53-54,61-65H,1-10H3. The van der Waals surface area contributed by atoms with Crippen LogP contribution in [0.1, 0.15) is 110 Å². The van der Waals surface area contributed by atoms with E-state index < -0.39 is 0 Å². The molecule has 0 N–H and O–H groups in total. The summed E-state index contributed by atoms with van der Waals surface area (Å²) in [5.74, 6) is 1.57. The van der Waals surface area contributed by atoms with Gasteiger partial charge in [-0.25, -0.2) is 0 Å². The first-order valence-corrected chi connectivity index (χ1v) is 26.8. The first kappa shape index (κ1) is 46.1. The largest absolute Gasteiger partial charge is 0.483 e. The minimum absolute atomic E-state index is 0.00741. The topological polar surface area (TPSA) is 34.2 Å². The zero-order valence-corrected chi connectivity index (χ0v) is 44.1. The molecule has 2 fully saturated rings. The van der Waals surface area contributed by atoms with Crippen LogP contribution in [0.25, 0.3) is 11.4 Å². The third-order valence-electron chi connectivity index (χ3n) is 17.0. The van der Waals surface area contributed by atoms with Crippen molar-refractivity contribution in [2.45, 2.75) is 106 Å². The van der Waals surface area contributed by atoms with E-state index in [4.69, 9.17) is 14.2 Å². The number of para-hydroxylation sites is 1. The number of hydrogen-bond donors (Lipinski definition) is 0. The highest BCUT2D eigenvalue weighted by Gasteiger charge is 2.53. The van der Waals surface area contributed by atoms with E-state index in [2.05, 4.69) is 249 Å². The lowest BCUT2D eigenvalue weighted by Gasteiger charge is -2.40. The van der Waals surface area contributed by atoms with Gasteiger partial charge >= 0.3 is 0 Å². The quantitative estimate of drug-likeness (QED) is 0.169. The van der Waals surface area contributed by atoms with Crippen LogP contribution in [0, 0.1) is 62.2 Å². The van der Waals surface area contributed by atoms with E-state index in [1.54, 1.807) is 0 Å². The molecule has 0 bridgehead atoms. The fourth-order valence-corrected chi connectivity index (χ4v) is 14.0. The molecular weight excluding hydrogens is 893 g/mol. The second-order valence-electron chi connectivity index (χ2n) is 24.2. The molecule has 0 saturated carbocycles. The molecule has 10 unspecified atom stereocenters. The van der Waals surface area contributed by atoms with Gasteiger partial charge in [0.2, 0.25) is 0 Å². The normalized spacial score (nSPS) is 27.8. The lowest BCUT2D eigenvalue weighted by molar-refractivity contribution is 0.0314. The van der Waals surface area contributed by atoms with Crippen LogP contribution in [0.15, 0.2) is 187 Å². The molecule has 3 aliphatic heterocycles. The van der Waals surface area contributed by atoms with Crippen LogP contribution in [0.3, 0.4) is 0 Å². The van der Waals surface area contributed by atoms with Crippen molar-refractivity contribution >= 4 is 28.5 Å². The van der Waals surface area contributed by atoms with Gasteiger partial charge in [-0.1, -0.05) is 175 Å². The molecule has 5 heteroatoms. The summed E-state index contributed by atoms with van der Waals surface area (Å²) in [6.45, 7) is 22.7. The number of nitrogens with zero attached hydrogens (tertiary/aromatic N) is 2. The van der Waals surface area contributed by atoms with Crippen LogP contribution in [0.4, 0.5) is 17.1 Å². The minimum Gasteiger partial charge on any atom is -0.483 e. The second-order valence-corrected chi connectivity index (χ2v) is 24.2. The van der Waals surface area contributed by atoms with Crippen molar-refractivity contribution < 1.29 is 14.2 Å². The number of benzene rings is 5. The maximum Gasteiger partial charge on any atom is 0.148 e. The van der Waals surface area contributed by atoms with Gasteiger partial charge in [0.05, 0.1) is 35.4 Å². The van der Waals surface area contributed by atoms with Gasteiger partial charge in [0.25, 0.3) is 0 Å². The second kappa shape index (κ2) is 16.9. The van der Waals surface area contributed by atoms with Crippen molar-refractivity contribution in [3.63, 3.8) is 0 Å². The summed E-state index contributed by atoms with van der Waals surface area (Å²) in [4.78, 5) is 5.07. The Morgan fingerprint density at radius 3 is 1.51 bits per heavy atom. The molecule has 13 rings (SSSR count). The van der Waals surface area contributed by atoms with Gasteiger partial charge in [-0.05, 0) is 119 Å². The van der Waals surface area contributed by atoms with Crippen molar-refractivity contribution in [3.8, 4) is 5.75 Å². The van der Waals surface area contributed by atoms with Crippen molar-refractivity contribution in [2.75, 3.05) is 9.80 Å². The zero-order chi connectivity index (χ0) is 50.2. The predicted molar refractivity (Wildman–Crippen MR) is 299 cm³/mol. The highest BCUT2D eigenvalue weighted by molar-refractivity contribution is 5.93.